The number of aromatic nitrogens is 2. The molecule has 1 saturated heterocycles. The lowest BCUT2D eigenvalue weighted by Crippen LogP contribution is -2.33. The van der Waals surface area contributed by atoms with Crippen LogP contribution in [0, 0.1) is 0 Å². The highest BCUT2D eigenvalue weighted by Gasteiger charge is 2.18. The average molecular weight is 375 g/mol. The number of amides is 1. The third-order valence-electron chi connectivity index (χ3n) is 4.69. The van der Waals surface area contributed by atoms with Crippen LogP contribution in [0.4, 0.5) is 0 Å². The summed E-state index contributed by atoms with van der Waals surface area (Å²) in [4.78, 5) is 29.7. The van der Waals surface area contributed by atoms with Gasteiger partial charge < -0.3 is 10.1 Å². The van der Waals surface area contributed by atoms with Gasteiger partial charge in [0.05, 0.1) is 22.8 Å². The van der Waals surface area contributed by atoms with Crippen LogP contribution in [0.2, 0.25) is 0 Å². The van der Waals surface area contributed by atoms with E-state index < -0.39 is 0 Å². The monoisotopic (exact) mass is 375 g/mol. The van der Waals surface area contributed by atoms with Crippen LogP contribution < -0.4 is 10.9 Å². The van der Waals surface area contributed by atoms with Crippen molar-refractivity contribution in [2.45, 2.75) is 50.4 Å². The lowest BCUT2D eigenvalue weighted by Gasteiger charge is -2.18. The zero-order valence-corrected chi connectivity index (χ0v) is 16.1. The highest BCUT2D eigenvalue weighted by molar-refractivity contribution is 7.99. The molecule has 3 rings (SSSR count). The highest BCUT2D eigenvalue weighted by atomic mass is 32.2. The molecule has 0 saturated carbocycles. The number of hydrogen-bond donors (Lipinski definition) is 1. The number of nitrogens with zero attached hydrogens (tertiary/aromatic N) is 2. The van der Waals surface area contributed by atoms with Crippen molar-refractivity contribution < 1.29 is 9.53 Å². The molecule has 1 aliphatic rings. The van der Waals surface area contributed by atoms with Gasteiger partial charge >= 0.3 is 0 Å². The van der Waals surface area contributed by atoms with Crippen LogP contribution in [-0.2, 0) is 9.53 Å². The first-order valence-corrected chi connectivity index (χ1v) is 10.1. The van der Waals surface area contributed by atoms with Gasteiger partial charge in [-0.15, -0.1) is 0 Å². The van der Waals surface area contributed by atoms with Gasteiger partial charge in [0, 0.05) is 19.2 Å². The molecule has 2 heterocycles. The van der Waals surface area contributed by atoms with Crippen molar-refractivity contribution in [3.05, 3.63) is 34.6 Å². The molecular weight excluding hydrogens is 350 g/mol. The Morgan fingerprint density at radius 2 is 2.27 bits per heavy atom. The fourth-order valence-electron chi connectivity index (χ4n) is 3.01. The number of benzene rings is 1. The maximum absolute atomic E-state index is 12.9. The number of nitrogens with one attached hydrogen (secondary N) is 1. The number of fused-ring (bicyclic) bond motifs is 1. The van der Waals surface area contributed by atoms with Crippen molar-refractivity contribution in [3.63, 3.8) is 0 Å². The van der Waals surface area contributed by atoms with E-state index in [-0.39, 0.29) is 29.4 Å². The molecule has 2 atom stereocenters. The molecule has 0 spiro atoms. The molecule has 1 amide bonds. The first kappa shape index (κ1) is 18.9. The standard InChI is InChI=1S/C19H25N3O3S/c1-3-13(2)22-18(24)15-8-4-5-9-16(15)21-19(22)26-12-17(23)20-11-14-7-6-10-25-14/h4-5,8-9,13-14H,3,6-7,10-12H2,1-2H3,(H,20,23)/t13-,14-/m1/s1. The molecule has 0 radical (unpaired) electrons. The Morgan fingerprint density at radius 3 is 3.00 bits per heavy atom. The molecule has 0 unspecified atom stereocenters. The first-order chi connectivity index (χ1) is 12.6. The Balaban J connectivity index is 1.75. The van der Waals surface area contributed by atoms with Crippen molar-refractivity contribution in [3.8, 4) is 0 Å². The van der Waals surface area contributed by atoms with Crippen LogP contribution in [0.1, 0.15) is 39.2 Å². The van der Waals surface area contributed by atoms with Gasteiger partial charge in [-0.3, -0.25) is 14.2 Å². The van der Waals surface area contributed by atoms with Crippen molar-refractivity contribution in [2.75, 3.05) is 18.9 Å². The molecule has 0 bridgehead atoms. The summed E-state index contributed by atoms with van der Waals surface area (Å²) in [7, 11) is 0. The Hall–Kier alpha value is -1.86. The number of carbonyl (C=O) groups excluding carboxylic acids is 1. The lowest BCUT2D eigenvalue weighted by molar-refractivity contribution is -0.119. The summed E-state index contributed by atoms with van der Waals surface area (Å²) in [6.07, 6.45) is 2.99. The second kappa shape index (κ2) is 8.68. The van der Waals surface area contributed by atoms with E-state index in [0.717, 1.165) is 25.9 Å². The van der Waals surface area contributed by atoms with Crippen molar-refractivity contribution in [1.29, 1.82) is 0 Å². The molecule has 1 fully saturated rings. The van der Waals surface area contributed by atoms with E-state index in [0.29, 0.717) is 22.6 Å². The molecule has 1 aromatic carbocycles. The van der Waals surface area contributed by atoms with E-state index in [1.165, 1.54) is 11.8 Å². The summed E-state index contributed by atoms with van der Waals surface area (Å²) in [5.74, 6) is 0.164. The van der Waals surface area contributed by atoms with Gasteiger partial charge in [0.25, 0.3) is 5.56 Å². The van der Waals surface area contributed by atoms with Crippen molar-refractivity contribution in [2.24, 2.45) is 0 Å². The SMILES string of the molecule is CC[C@@H](C)n1c(SCC(=O)NC[C@H]2CCCO2)nc2ccccc2c1=O. The predicted molar refractivity (Wildman–Crippen MR) is 104 cm³/mol. The summed E-state index contributed by atoms with van der Waals surface area (Å²) in [6.45, 7) is 5.36. The number of rotatable bonds is 7. The van der Waals surface area contributed by atoms with E-state index in [2.05, 4.69) is 10.3 Å². The molecule has 26 heavy (non-hydrogen) atoms. The second-order valence-electron chi connectivity index (χ2n) is 6.57. The zero-order valence-electron chi connectivity index (χ0n) is 15.2. The first-order valence-electron chi connectivity index (χ1n) is 9.12. The second-order valence-corrected chi connectivity index (χ2v) is 7.51. The fourth-order valence-corrected chi connectivity index (χ4v) is 3.94. The minimum atomic E-state index is -0.0661. The highest BCUT2D eigenvalue weighted by Crippen LogP contribution is 2.22. The summed E-state index contributed by atoms with van der Waals surface area (Å²) in [5.41, 5.74) is 0.617. The number of hydrogen-bond acceptors (Lipinski definition) is 5. The van der Waals surface area contributed by atoms with Gasteiger partial charge in [0.2, 0.25) is 5.91 Å². The summed E-state index contributed by atoms with van der Waals surface area (Å²) in [6, 6.07) is 7.37. The third kappa shape index (κ3) is 4.27. The molecular formula is C19H25N3O3S. The Morgan fingerprint density at radius 1 is 1.46 bits per heavy atom. The third-order valence-corrected chi connectivity index (χ3v) is 5.64. The molecule has 1 aromatic heterocycles. The number of thioether (sulfide) groups is 1. The predicted octanol–water partition coefficient (Wildman–Crippen LogP) is 2.75. The van der Waals surface area contributed by atoms with E-state index >= 15 is 0 Å². The minimum Gasteiger partial charge on any atom is -0.376 e. The van der Waals surface area contributed by atoms with Crippen molar-refractivity contribution in [1.82, 2.24) is 14.9 Å². The van der Waals surface area contributed by atoms with E-state index in [1.807, 2.05) is 32.0 Å². The van der Waals surface area contributed by atoms with E-state index in [4.69, 9.17) is 4.74 Å². The van der Waals surface area contributed by atoms with Crippen LogP contribution in [0.25, 0.3) is 10.9 Å². The average Bonchev–Trinajstić information content (AvgIpc) is 3.18. The van der Waals surface area contributed by atoms with Crippen LogP contribution >= 0.6 is 11.8 Å². The Bertz CT molecular complexity index is 830. The fraction of sp³-hybridized carbons (Fsp3) is 0.526. The van der Waals surface area contributed by atoms with Crippen molar-refractivity contribution >= 4 is 28.6 Å². The van der Waals surface area contributed by atoms with Crippen LogP contribution in [0.3, 0.4) is 0 Å². The normalized spacial score (nSPS) is 18.2. The van der Waals surface area contributed by atoms with E-state index in [9.17, 15) is 9.59 Å². The number of ether oxygens (including phenoxy) is 1. The van der Waals surface area contributed by atoms with Gasteiger partial charge in [0.15, 0.2) is 5.16 Å². The quantitative estimate of drug-likeness (QED) is 0.595. The molecule has 6 nitrogen and oxygen atoms in total. The molecule has 1 aliphatic heterocycles. The van der Waals surface area contributed by atoms with Gasteiger partial charge in [-0.05, 0) is 38.3 Å². The van der Waals surface area contributed by atoms with Crippen LogP contribution in [0.5, 0.6) is 0 Å². The van der Waals surface area contributed by atoms with Gasteiger partial charge in [-0.2, -0.15) is 0 Å². The zero-order chi connectivity index (χ0) is 18.5. The van der Waals surface area contributed by atoms with Gasteiger partial charge in [0.1, 0.15) is 0 Å². The number of para-hydroxylation sites is 1. The maximum atomic E-state index is 12.9. The van der Waals surface area contributed by atoms with Crippen LogP contribution in [-0.4, -0.2) is 40.5 Å². The lowest BCUT2D eigenvalue weighted by atomic mass is 10.2. The topological polar surface area (TPSA) is 73.2 Å². The largest absolute Gasteiger partial charge is 0.376 e. The number of carbonyl (C=O) groups is 1. The molecule has 1 N–H and O–H groups in total. The van der Waals surface area contributed by atoms with E-state index in [1.54, 1.807) is 10.6 Å². The minimum absolute atomic E-state index is 0.0251. The van der Waals surface area contributed by atoms with Crippen LogP contribution in [0.15, 0.2) is 34.2 Å². The molecule has 7 heteroatoms. The van der Waals surface area contributed by atoms with Gasteiger partial charge in [-0.25, -0.2) is 4.98 Å². The van der Waals surface area contributed by atoms with Gasteiger partial charge in [-0.1, -0.05) is 30.8 Å². The summed E-state index contributed by atoms with van der Waals surface area (Å²) in [5, 5.41) is 4.11. The summed E-state index contributed by atoms with van der Waals surface area (Å²) < 4.78 is 7.22. The maximum Gasteiger partial charge on any atom is 0.262 e. The molecule has 0 aliphatic carbocycles. The molecule has 2 aromatic rings. The summed E-state index contributed by atoms with van der Waals surface area (Å²) >= 11 is 1.31. The smallest absolute Gasteiger partial charge is 0.262 e. The Kier molecular flexibility index (Phi) is 6.32. The molecule has 140 valence electrons. The Labute approximate surface area is 157 Å².